The maximum Gasteiger partial charge on any atom is 0.191 e. The molecule has 0 fully saturated rings. The molecule has 0 radical (unpaired) electrons. The Bertz CT molecular complexity index is 825. The lowest BCUT2D eigenvalue weighted by Gasteiger charge is -2.12. The van der Waals surface area contributed by atoms with Crippen LogP contribution in [-0.2, 0) is 6.54 Å². The van der Waals surface area contributed by atoms with Gasteiger partial charge in [0.2, 0.25) is 0 Å². The van der Waals surface area contributed by atoms with Crippen LogP contribution in [0.1, 0.15) is 6.92 Å². The Balaban J connectivity index is 1.57. The summed E-state index contributed by atoms with van der Waals surface area (Å²) in [4.78, 5) is 0. The molecule has 3 aromatic rings. The number of rotatable bonds is 8. The van der Waals surface area contributed by atoms with Gasteiger partial charge in [0, 0.05) is 22.9 Å². The molecule has 1 atom stereocenters. The van der Waals surface area contributed by atoms with Crippen molar-refractivity contribution < 1.29 is 9.84 Å². The normalized spacial score (nSPS) is 12.1. The Labute approximate surface area is 162 Å². The lowest BCUT2D eigenvalue weighted by Crippen LogP contribution is -2.20. The second-order valence-electron chi connectivity index (χ2n) is 5.65. The van der Waals surface area contributed by atoms with Crippen molar-refractivity contribution in [2.75, 3.05) is 12.4 Å². The van der Waals surface area contributed by atoms with Crippen molar-refractivity contribution in [1.29, 1.82) is 0 Å². The number of nitrogens with zero attached hydrogens (tertiary/aromatic N) is 3. The van der Waals surface area contributed by atoms with E-state index in [1.807, 2.05) is 34.9 Å². The van der Waals surface area contributed by atoms with Gasteiger partial charge in [0.05, 0.1) is 6.10 Å². The monoisotopic (exact) mass is 389 g/mol. The van der Waals surface area contributed by atoms with E-state index in [1.165, 1.54) is 11.8 Å². The molecule has 3 rings (SSSR count). The van der Waals surface area contributed by atoms with Crippen LogP contribution in [0.3, 0.4) is 0 Å². The molecular formula is C19H20ClN3O2S. The van der Waals surface area contributed by atoms with E-state index in [0.717, 1.165) is 23.1 Å². The minimum atomic E-state index is -0.613. The van der Waals surface area contributed by atoms with Crippen molar-refractivity contribution in [3.05, 3.63) is 59.6 Å². The van der Waals surface area contributed by atoms with Crippen LogP contribution in [0.4, 0.5) is 0 Å². The highest BCUT2D eigenvalue weighted by Gasteiger charge is 2.15. The Morgan fingerprint density at radius 3 is 2.54 bits per heavy atom. The molecule has 1 aromatic heterocycles. The van der Waals surface area contributed by atoms with Crippen LogP contribution < -0.4 is 4.74 Å². The quantitative estimate of drug-likeness (QED) is 0.586. The maximum atomic E-state index is 10.2. The van der Waals surface area contributed by atoms with Crippen molar-refractivity contribution in [3.8, 4) is 17.1 Å². The molecule has 26 heavy (non-hydrogen) atoms. The Morgan fingerprint density at radius 2 is 1.85 bits per heavy atom. The Kier molecular flexibility index (Phi) is 6.55. The molecular weight excluding hydrogens is 370 g/mol. The van der Waals surface area contributed by atoms with Crippen molar-refractivity contribution in [3.63, 3.8) is 0 Å². The van der Waals surface area contributed by atoms with Gasteiger partial charge >= 0.3 is 0 Å². The molecule has 5 nitrogen and oxygen atoms in total. The van der Waals surface area contributed by atoms with E-state index >= 15 is 0 Å². The van der Waals surface area contributed by atoms with Gasteiger partial charge in [-0.3, -0.25) is 0 Å². The summed E-state index contributed by atoms with van der Waals surface area (Å²) in [5.41, 5.74) is 1.03. The fourth-order valence-corrected chi connectivity index (χ4v) is 3.46. The SMILES string of the molecule is CCn1c(SCC(O)COc2ccc(Cl)cc2)nnc1-c1ccccc1. The average molecular weight is 390 g/mol. The topological polar surface area (TPSA) is 60.2 Å². The number of halogens is 1. The molecule has 0 amide bonds. The van der Waals surface area contributed by atoms with Gasteiger partial charge < -0.3 is 14.4 Å². The summed E-state index contributed by atoms with van der Waals surface area (Å²) in [7, 11) is 0. The van der Waals surface area contributed by atoms with E-state index in [0.29, 0.717) is 16.5 Å². The van der Waals surface area contributed by atoms with E-state index in [1.54, 1.807) is 24.3 Å². The smallest absolute Gasteiger partial charge is 0.191 e. The summed E-state index contributed by atoms with van der Waals surface area (Å²) < 4.78 is 7.63. The number of ether oxygens (including phenoxy) is 1. The lowest BCUT2D eigenvalue weighted by molar-refractivity contribution is 0.126. The first kappa shape index (κ1) is 18.8. The summed E-state index contributed by atoms with van der Waals surface area (Å²) in [5.74, 6) is 1.99. The molecule has 0 aliphatic rings. The minimum absolute atomic E-state index is 0.209. The van der Waals surface area contributed by atoms with Gasteiger partial charge in [0.15, 0.2) is 11.0 Å². The number of hydrogen-bond acceptors (Lipinski definition) is 5. The summed E-state index contributed by atoms with van der Waals surface area (Å²) in [6.45, 7) is 3.03. The molecule has 0 aliphatic heterocycles. The third-order valence-electron chi connectivity index (χ3n) is 3.73. The summed E-state index contributed by atoms with van der Waals surface area (Å²) >= 11 is 7.31. The first-order chi connectivity index (χ1) is 12.7. The predicted molar refractivity (Wildman–Crippen MR) is 105 cm³/mol. The highest BCUT2D eigenvalue weighted by Crippen LogP contribution is 2.24. The third kappa shape index (κ3) is 4.78. The van der Waals surface area contributed by atoms with Crippen LogP contribution in [0, 0.1) is 0 Å². The number of benzene rings is 2. The number of aromatic nitrogens is 3. The van der Waals surface area contributed by atoms with Crippen LogP contribution in [-0.4, -0.2) is 38.3 Å². The second kappa shape index (κ2) is 9.07. The van der Waals surface area contributed by atoms with E-state index < -0.39 is 6.10 Å². The maximum absolute atomic E-state index is 10.2. The van der Waals surface area contributed by atoms with Crippen LogP contribution in [0.2, 0.25) is 5.02 Å². The fourth-order valence-electron chi connectivity index (χ4n) is 2.42. The molecule has 0 bridgehead atoms. The van der Waals surface area contributed by atoms with Gasteiger partial charge in [-0.25, -0.2) is 0 Å². The first-order valence-electron chi connectivity index (χ1n) is 8.35. The summed E-state index contributed by atoms with van der Waals surface area (Å²) in [6, 6.07) is 17.0. The van der Waals surface area contributed by atoms with E-state index in [2.05, 4.69) is 17.1 Å². The van der Waals surface area contributed by atoms with Gasteiger partial charge in [0.1, 0.15) is 12.4 Å². The highest BCUT2D eigenvalue weighted by molar-refractivity contribution is 7.99. The van der Waals surface area contributed by atoms with Gasteiger partial charge in [-0.15, -0.1) is 10.2 Å². The molecule has 0 saturated heterocycles. The van der Waals surface area contributed by atoms with Gasteiger partial charge in [-0.05, 0) is 31.2 Å². The zero-order valence-electron chi connectivity index (χ0n) is 14.4. The van der Waals surface area contributed by atoms with E-state index in [-0.39, 0.29) is 6.61 Å². The molecule has 1 heterocycles. The zero-order chi connectivity index (χ0) is 18.4. The molecule has 1 unspecified atom stereocenters. The van der Waals surface area contributed by atoms with E-state index in [9.17, 15) is 5.11 Å². The largest absolute Gasteiger partial charge is 0.491 e. The fraction of sp³-hybridized carbons (Fsp3) is 0.263. The molecule has 0 aliphatic carbocycles. The Hall–Kier alpha value is -2.02. The predicted octanol–water partition coefficient (Wildman–Crippen LogP) is 4.15. The van der Waals surface area contributed by atoms with Crippen molar-refractivity contribution in [2.24, 2.45) is 0 Å². The van der Waals surface area contributed by atoms with Gasteiger partial charge in [-0.1, -0.05) is 53.7 Å². The summed E-state index contributed by atoms with van der Waals surface area (Å²) in [6.07, 6.45) is -0.613. The number of aliphatic hydroxyl groups excluding tert-OH is 1. The zero-order valence-corrected chi connectivity index (χ0v) is 16.0. The molecule has 0 saturated carbocycles. The molecule has 136 valence electrons. The summed E-state index contributed by atoms with van der Waals surface area (Å²) in [5, 5.41) is 20.2. The van der Waals surface area contributed by atoms with Crippen molar-refractivity contribution >= 4 is 23.4 Å². The molecule has 1 N–H and O–H groups in total. The first-order valence-corrected chi connectivity index (χ1v) is 9.71. The molecule has 7 heteroatoms. The molecule has 0 spiro atoms. The second-order valence-corrected chi connectivity index (χ2v) is 7.07. The van der Waals surface area contributed by atoms with Crippen molar-refractivity contribution in [2.45, 2.75) is 24.7 Å². The van der Waals surface area contributed by atoms with Crippen LogP contribution in [0.5, 0.6) is 5.75 Å². The lowest BCUT2D eigenvalue weighted by atomic mass is 10.2. The average Bonchev–Trinajstić information content (AvgIpc) is 3.09. The number of aliphatic hydroxyl groups is 1. The molecule has 2 aromatic carbocycles. The Morgan fingerprint density at radius 1 is 1.12 bits per heavy atom. The minimum Gasteiger partial charge on any atom is -0.491 e. The third-order valence-corrected chi connectivity index (χ3v) is 5.09. The standard InChI is InChI=1S/C19H20ClN3O2S/c1-2-23-18(14-6-4-3-5-7-14)21-22-19(23)26-13-16(24)12-25-17-10-8-15(20)9-11-17/h3-11,16,24H,2,12-13H2,1H3. The van der Waals surface area contributed by atoms with Gasteiger partial charge in [0.25, 0.3) is 0 Å². The number of hydrogen-bond donors (Lipinski definition) is 1. The van der Waals surface area contributed by atoms with Crippen molar-refractivity contribution in [1.82, 2.24) is 14.8 Å². The van der Waals surface area contributed by atoms with E-state index in [4.69, 9.17) is 16.3 Å². The van der Waals surface area contributed by atoms with Gasteiger partial charge in [-0.2, -0.15) is 0 Å². The van der Waals surface area contributed by atoms with Crippen LogP contribution >= 0.6 is 23.4 Å². The van der Waals surface area contributed by atoms with Crippen LogP contribution in [0.25, 0.3) is 11.4 Å². The van der Waals surface area contributed by atoms with Crippen LogP contribution in [0.15, 0.2) is 59.8 Å². The highest BCUT2D eigenvalue weighted by atomic mass is 35.5. The number of thioether (sulfide) groups is 1.